The van der Waals surface area contributed by atoms with E-state index in [9.17, 15) is 0 Å². The Kier molecular flexibility index (Phi) is 4.53. The van der Waals surface area contributed by atoms with Crippen LogP contribution in [0.25, 0.3) is 11.0 Å². The second kappa shape index (κ2) is 6.61. The zero-order valence-corrected chi connectivity index (χ0v) is 15.6. The molecule has 3 aromatic rings. The zero-order chi connectivity index (χ0) is 17.2. The fourth-order valence-electron chi connectivity index (χ4n) is 2.47. The smallest absolute Gasteiger partial charge is 0.242 e. The minimum atomic E-state index is -1.64. The average Bonchev–Trinajstić information content (AvgIpc) is 2.96. The lowest BCUT2D eigenvalue weighted by Gasteiger charge is -2.21. The Hall–Kier alpha value is -2.40. The highest BCUT2D eigenvalue weighted by atomic mass is 28.4. The maximum atomic E-state index is 6.17. The molecule has 0 aliphatic rings. The van der Waals surface area contributed by atoms with Crippen LogP contribution in [0.4, 0.5) is 0 Å². The van der Waals surface area contributed by atoms with Gasteiger partial charge in [-0.1, -0.05) is 30.3 Å². The Morgan fingerprint density at radius 1 is 1.08 bits per heavy atom. The maximum Gasteiger partial charge on any atom is 0.242 e. The number of aliphatic imine (C=N–C) groups is 1. The molecule has 5 heteroatoms. The lowest BCUT2D eigenvalue weighted by molar-refractivity contribution is 0.549. The summed E-state index contributed by atoms with van der Waals surface area (Å²) < 4.78 is 6.17. The second-order valence-electron chi connectivity index (χ2n) is 6.83. The van der Waals surface area contributed by atoms with E-state index in [2.05, 4.69) is 35.7 Å². The Morgan fingerprint density at radius 3 is 2.54 bits per heavy atom. The quantitative estimate of drug-likeness (QED) is 0.538. The first-order valence-electron chi connectivity index (χ1n) is 8.15. The SMILES string of the molecule is CC(=NCc1ccccc1O[Si](C)(C)C)c1nc2ccccc2[nH]1. The van der Waals surface area contributed by atoms with Crippen molar-refractivity contribution >= 4 is 25.1 Å². The van der Waals surface area contributed by atoms with Crippen LogP contribution in [0.1, 0.15) is 18.3 Å². The first kappa shape index (κ1) is 16.5. The lowest BCUT2D eigenvalue weighted by Crippen LogP contribution is -2.29. The van der Waals surface area contributed by atoms with Crippen molar-refractivity contribution in [3.05, 3.63) is 59.9 Å². The summed E-state index contributed by atoms with van der Waals surface area (Å²) in [7, 11) is -1.64. The van der Waals surface area contributed by atoms with Crippen molar-refractivity contribution in [2.24, 2.45) is 4.99 Å². The van der Waals surface area contributed by atoms with E-state index < -0.39 is 8.32 Å². The van der Waals surface area contributed by atoms with E-state index in [1.807, 2.05) is 49.4 Å². The minimum Gasteiger partial charge on any atom is -0.544 e. The van der Waals surface area contributed by atoms with E-state index in [1.165, 1.54) is 0 Å². The van der Waals surface area contributed by atoms with Crippen molar-refractivity contribution < 1.29 is 4.43 Å². The number of nitrogens with one attached hydrogen (secondary N) is 1. The molecule has 1 N–H and O–H groups in total. The van der Waals surface area contributed by atoms with Gasteiger partial charge in [-0.3, -0.25) is 4.99 Å². The summed E-state index contributed by atoms with van der Waals surface area (Å²) in [6.07, 6.45) is 0. The van der Waals surface area contributed by atoms with Crippen LogP contribution >= 0.6 is 0 Å². The van der Waals surface area contributed by atoms with E-state index in [0.29, 0.717) is 6.54 Å². The normalized spacial score (nSPS) is 12.6. The van der Waals surface area contributed by atoms with E-state index in [0.717, 1.165) is 33.9 Å². The monoisotopic (exact) mass is 337 g/mol. The van der Waals surface area contributed by atoms with E-state index in [-0.39, 0.29) is 0 Å². The summed E-state index contributed by atoms with van der Waals surface area (Å²) in [6.45, 7) is 9.13. The highest BCUT2D eigenvalue weighted by Crippen LogP contribution is 2.22. The summed E-state index contributed by atoms with van der Waals surface area (Å²) in [5, 5.41) is 0. The van der Waals surface area contributed by atoms with Gasteiger partial charge in [0.05, 0.1) is 23.3 Å². The molecule has 0 aliphatic carbocycles. The molecule has 1 heterocycles. The van der Waals surface area contributed by atoms with Crippen LogP contribution < -0.4 is 4.43 Å². The van der Waals surface area contributed by atoms with Crippen molar-refractivity contribution in [1.82, 2.24) is 9.97 Å². The molecule has 0 fully saturated rings. The minimum absolute atomic E-state index is 0.587. The van der Waals surface area contributed by atoms with E-state index in [4.69, 9.17) is 9.42 Å². The third kappa shape index (κ3) is 3.92. The average molecular weight is 337 g/mol. The molecule has 4 nitrogen and oxygen atoms in total. The summed E-state index contributed by atoms with van der Waals surface area (Å²) in [5.41, 5.74) is 4.00. The summed E-state index contributed by atoms with van der Waals surface area (Å²) in [5.74, 6) is 1.76. The molecule has 0 aliphatic heterocycles. The van der Waals surface area contributed by atoms with Crippen LogP contribution in [0, 0.1) is 0 Å². The fourth-order valence-corrected chi connectivity index (χ4v) is 3.33. The van der Waals surface area contributed by atoms with Crippen LogP contribution in [-0.2, 0) is 6.54 Å². The van der Waals surface area contributed by atoms with Crippen molar-refractivity contribution in [2.45, 2.75) is 33.1 Å². The molecule has 0 spiro atoms. The number of H-pyrrole nitrogens is 1. The van der Waals surface area contributed by atoms with Crippen molar-refractivity contribution in [2.75, 3.05) is 0 Å². The Bertz CT molecular complexity index is 844. The number of para-hydroxylation sites is 3. The fraction of sp³-hybridized carbons (Fsp3) is 0.263. The lowest BCUT2D eigenvalue weighted by atomic mass is 10.2. The second-order valence-corrected chi connectivity index (χ2v) is 11.3. The topological polar surface area (TPSA) is 50.3 Å². The van der Waals surface area contributed by atoms with Crippen LogP contribution in [0.3, 0.4) is 0 Å². The van der Waals surface area contributed by atoms with Crippen molar-refractivity contribution in [3.8, 4) is 5.75 Å². The molecule has 3 rings (SSSR count). The molecule has 124 valence electrons. The predicted molar refractivity (Wildman–Crippen MR) is 102 cm³/mol. The summed E-state index contributed by atoms with van der Waals surface area (Å²) in [4.78, 5) is 12.6. The van der Waals surface area contributed by atoms with Gasteiger partial charge in [-0.25, -0.2) is 4.98 Å². The van der Waals surface area contributed by atoms with Gasteiger partial charge in [-0.05, 0) is 44.8 Å². The number of nitrogens with zero attached hydrogens (tertiary/aromatic N) is 2. The largest absolute Gasteiger partial charge is 0.544 e. The van der Waals surface area contributed by atoms with Crippen LogP contribution in [0.15, 0.2) is 53.5 Å². The van der Waals surface area contributed by atoms with Crippen molar-refractivity contribution in [3.63, 3.8) is 0 Å². The molecule has 0 bridgehead atoms. The number of benzene rings is 2. The van der Waals surface area contributed by atoms with Gasteiger partial charge in [-0.15, -0.1) is 0 Å². The third-order valence-corrected chi connectivity index (χ3v) is 4.44. The number of hydrogen-bond acceptors (Lipinski definition) is 3. The zero-order valence-electron chi connectivity index (χ0n) is 14.6. The molecule has 0 amide bonds. The number of rotatable bonds is 5. The first-order chi connectivity index (χ1) is 11.4. The number of fused-ring (bicyclic) bond motifs is 1. The Morgan fingerprint density at radius 2 is 1.79 bits per heavy atom. The molecule has 0 saturated heterocycles. The number of imidazole rings is 1. The van der Waals surface area contributed by atoms with E-state index >= 15 is 0 Å². The summed E-state index contributed by atoms with van der Waals surface area (Å²) >= 11 is 0. The molecule has 0 unspecified atom stereocenters. The Labute approximate surface area is 143 Å². The molecule has 1 aromatic heterocycles. The van der Waals surface area contributed by atoms with Gasteiger partial charge in [0.15, 0.2) is 5.82 Å². The van der Waals surface area contributed by atoms with Crippen molar-refractivity contribution in [1.29, 1.82) is 0 Å². The number of hydrogen-bond donors (Lipinski definition) is 1. The van der Waals surface area contributed by atoms with Gasteiger partial charge < -0.3 is 9.41 Å². The first-order valence-corrected chi connectivity index (χ1v) is 11.6. The molecule has 0 saturated carbocycles. The van der Waals surface area contributed by atoms with Gasteiger partial charge in [0.1, 0.15) is 5.75 Å². The number of aromatic nitrogens is 2. The van der Waals surface area contributed by atoms with Gasteiger partial charge in [0.25, 0.3) is 0 Å². The predicted octanol–water partition coefficient (Wildman–Crippen LogP) is 4.79. The Balaban J connectivity index is 1.82. The summed E-state index contributed by atoms with van der Waals surface area (Å²) in [6, 6.07) is 16.2. The van der Waals surface area contributed by atoms with Gasteiger partial charge in [-0.2, -0.15) is 0 Å². The molecule has 24 heavy (non-hydrogen) atoms. The maximum absolute atomic E-state index is 6.17. The number of aromatic amines is 1. The van der Waals surface area contributed by atoms with Gasteiger partial charge >= 0.3 is 0 Å². The van der Waals surface area contributed by atoms with Crippen LogP contribution in [0.5, 0.6) is 5.75 Å². The standard InChI is InChI=1S/C19H23N3OSi/c1-14(19-21-16-10-6-7-11-17(16)22-19)20-13-15-9-5-8-12-18(15)23-24(2,3)4/h5-12H,13H2,1-4H3,(H,21,22). The third-order valence-electron chi connectivity index (χ3n) is 3.61. The molecule has 0 atom stereocenters. The van der Waals surface area contributed by atoms with Gasteiger partial charge in [0.2, 0.25) is 8.32 Å². The van der Waals surface area contributed by atoms with Gasteiger partial charge in [0, 0.05) is 5.56 Å². The molecular weight excluding hydrogens is 314 g/mol. The molecule has 2 aromatic carbocycles. The highest BCUT2D eigenvalue weighted by Gasteiger charge is 2.17. The van der Waals surface area contributed by atoms with Crippen LogP contribution in [0.2, 0.25) is 19.6 Å². The molecule has 0 radical (unpaired) electrons. The van der Waals surface area contributed by atoms with E-state index in [1.54, 1.807) is 0 Å². The molecular formula is C19H23N3OSi. The highest BCUT2D eigenvalue weighted by molar-refractivity contribution is 6.70. The van der Waals surface area contributed by atoms with Crippen LogP contribution in [-0.4, -0.2) is 24.0 Å².